The van der Waals surface area contributed by atoms with Crippen molar-refractivity contribution in [3.8, 4) is 11.9 Å². The first-order chi connectivity index (χ1) is 20.9. The summed E-state index contributed by atoms with van der Waals surface area (Å²) in [6.07, 6.45) is 3.25. The normalized spacial score (nSPS) is 21.5. The molecule has 5 heterocycles. The van der Waals surface area contributed by atoms with Crippen LogP contribution in [0.15, 0.2) is 54.6 Å². The Morgan fingerprint density at radius 3 is 2.60 bits per heavy atom. The zero-order valence-corrected chi connectivity index (χ0v) is 23.5. The maximum absolute atomic E-state index is 14.3. The van der Waals surface area contributed by atoms with Gasteiger partial charge in [-0.15, -0.1) is 0 Å². The number of piperazine rings is 1. The van der Waals surface area contributed by atoms with Crippen LogP contribution in [0.5, 0.6) is 5.88 Å². The van der Waals surface area contributed by atoms with Gasteiger partial charge in [0.25, 0.3) is 0 Å². The first-order valence-corrected chi connectivity index (χ1v) is 14.6. The van der Waals surface area contributed by atoms with Crippen molar-refractivity contribution in [3.05, 3.63) is 82.9 Å². The molecule has 0 saturated carbocycles. The largest absolute Gasteiger partial charge is 0.478 e. The second-order valence-corrected chi connectivity index (χ2v) is 11.4. The number of rotatable bonds is 9. The number of carboxylic acids is 1. The average Bonchev–Trinajstić information content (AvgIpc) is 3.44. The monoisotopic (exact) mass is 582 g/mol. The summed E-state index contributed by atoms with van der Waals surface area (Å²) in [4.78, 5) is 26.2. The van der Waals surface area contributed by atoms with Gasteiger partial charge in [-0.3, -0.25) is 4.90 Å². The molecule has 3 fully saturated rings. The van der Waals surface area contributed by atoms with E-state index in [0.717, 1.165) is 61.6 Å². The summed E-state index contributed by atoms with van der Waals surface area (Å²) in [6.45, 7) is 3.74. The number of halogens is 1. The minimum absolute atomic E-state index is 0.0217. The van der Waals surface area contributed by atoms with Gasteiger partial charge in [-0.1, -0.05) is 12.1 Å². The van der Waals surface area contributed by atoms with Crippen LogP contribution in [0.4, 0.5) is 10.2 Å². The van der Waals surface area contributed by atoms with E-state index in [1.54, 1.807) is 36.4 Å². The van der Waals surface area contributed by atoms with Gasteiger partial charge >= 0.3 is 5.97 Å². The molecule has 2 bridgehead atoms. The Balaban J connectivity index is 1.06. The van der Waals surface area contributed by atoms with Crippen molar-refractivity contribution < 1.29 is 23.8 Å². The molecule has 0 aliphatic carbocycles. The second-order valence-electron chi connectivity index (χ2n) is 11.4. The fourth-order valence-electron chi connectivity index (χ4n) is 6.41. The van der Waals surface area contributed by atoms with Crippen LogP contribution in [0, 0.1) is 17.1 Å². The molecular weight excluding hydrogens is 551 g/mol. The Morgan fingerprint density at radius 1 is 1.09 bits per heavy atom. The van der Waals surface area contributed by atoms with Crippen molar-refractivity contribution in [1.82, 2.24) is 19.4 Å². The van der Waals surface area contributed by atoms with Crippen LogP contribution in [0.2, 0.25) is 0 Å². The fraction of sp³-hybridized carbons (Fsp3) is 0.375. The van der Waals surface area contributed by atoms with Gasteiger partial charge in [0.1, 0.15) is 24.1 Å². The van der Waals surface area contributed by atoms with E-state index in [2.05, 4.69) is 14.4 Å². The predicted molar refractivity (Wildman–Crippen MR) is 155 cm³/mol. The average molecular weight is 583 g/mol. The van der Waals surface area contributed by atoms with Crippen molar-refractivity contribution in [1.29, 1.82) is 5.26 Å². The maximum Gasteiger partial charge on any atom is 0.335 e. The molecule has 2 aromatic heterocycles. The van der Waals surface area contributed by atoms with E-state index in [1.807, 2.05) is 18.2 Å². The van der Waals surface area contributed by atoms with E-state index in [4.69, 9.17) is 24.7 Å². The van der Waals surface area contributed by atoms with E-state index in [1.165, 1.54) is 6.07 Å². The number of imidazole rings is 1. The van der Waals surface area contributed by atoms with Crippen LogP contribution in [-0.4, -0.2) is 68.4 Å². The van der Waals surface area contributed by atoms with Crippen molar-refractivity contribution in [2.75, 3.05) is 24.6 Å². The molecule has 10 nitrogen and oxygen atoms in total. The summed E-state index contributed by atoms with van der Waals surface area (Å²) in [5, 5.41) is 18.5. The molecule has 2 unspecified atom stereocenters. The molecule has 3 atom stereocenters. The maximum atomic E-state index is 14.3. The van der Waals surface area contributed by atoms with Crippen molar-refractivity contribution in [2.24, 2.45) is 0 Å². The lowest BCUT2D eigenvalue weighted by molar-refractivity contribution is -0.0592. The molecule has 0 spiro atoms. The Labute approximate surface area is 247 Å². The Bertz CT molecular complexity index is 1720. The Morgan fingerprint density at radius 2 is 1.91 bits per heavy atom. The van der Waals surface area contributed by atoms with Gasteiger partial charge in [-0.25, -0.2) is 14.2 Å². The Hall–Kier alpha value is -4.53. The molecule has 2 aromatic carbocycles. The summed E-state index contributed by atoms with van der Waals surface area (Å²) < 4.78 is 28.0. The molecule has 3 aliphatic heterocycles. The van der Waals surface area contributed by atoms with E-state index in [-0.39, 0.29) is 23.8 Å². The molecule has 43 heavy (non-hydrogen) atoms. The number of hydrogen-bond acceptors (Lipinski definition) is 8. The van der Waals surface area contributed by atoms with E-state index >= 15 is 0 Å². The van der Waals surface area contributed by atoms with E-state index in [0.29, 0.717) is 36.6 Å². The highest BCUT2D eigenvalue weighted by atomic mass is 19.1. The van der Waals surface area contributed by atoms with Crippen molar-refractivity contribution in [2.45, 2.75) is 57.1 Å². The van der Waals surface area contributed by atoms with Gasteiger partial charge in [-0.2, -0.15) is 10.2 Å². The highest BCUT2D eigenvalue weighted by molar-refractivity contribution is 5.92. The number of anilines is 1. The number of nitrogens with zero attached hydrogens (tertiary/aromatic N) is 6. The molecule has 0 amide bonds. The SMILES string of the molecule is N#Cc1ccc(COc2cccc(N3CC4CCC(C3)N4Cc3nc4ccc(C(=O)O)cc4n3C[C@@H]3CCO3)n2)c(F)c1. The molecule has 11 heteroatoms. The van der Waals surface area contributed by atoms with E-state index < -0.39 is 11.8 Å². The summed E-state index contributed by atoms with van der Waals surface area (Å²) >= 11 is 0. The zero-order valence-electron chi connectivity index (χ0n) is 23.5. The first-order valence-electron chi connectivity index (χ1n) is 14.6. The second kappa shape index (κ2) is 11.3. The molecule has 220 valence electrons. The lowest BCUT2D eigenvalue weighted by Gasteiger charge is -2.41. The van der Waals surface area contributed by atoms with Gasteiger partial charge in [0.2, 0.25) is 5.88 Å². The third kappa shape index (κ3) is 5.40. The van der Waals surface area contributed by atoms with E-state index in [9.17, 15) is 14.3 Å². The van der Waals surface area contributed by atoms with Crippen LogP contribution in [0.3, 0.4) is 0 Å². The number of benzene rings is 2. The number of pyridine rings is 1. The first kappa shape index (κ1) is 27.3. The number of nitriles is 1. The van der Waals surface area contributed by atoms with Crippen LogP contribution in [-0.2, 0) is 24.4 Å². The molecule has 4 aromatic rings. The summed E-state index contributed by atoms with van der Waals surface area (Å²) in [6, 6.07) is 17.7. The number of aromatic nitrogens is 3. The number of carbonyl (C=O) groups is 1. The lowest BCUT2D eigenvalue weighted by Crippen LogP contribution is -2.53. The quantitative estimate of drug-likeness (QED) is 0.307. The highest BCUT2D eigenvalue weighted by Crippen LogP contribution is 2.34. The molecule has 1 N–H and O–H groups in total. The van der Waals surface area contributed by atoms with Crippen LogP contribution < -0.4 is 9.64 Å². The van der Waals surface area contributed by atoms with Gasteiger partial charge in [0.05, 0.1) is 47.4 Å². The third-order valence-corrected chi connectivity index (χ3v) is 8.80. The van der Waals surface area contributed by atoms with Gasteiger partial charge in [0.15, 0.2) is 0 Å². The minimum Gasteiger partial charge on any atom is -0.478 e. The highest BCUT2D eigenvalue weighted by Gasteiger charge is 2.41. The fourth-order valence-corrected chi connectivity index (χ4v) is 6.41. The lowest BCUT2D eigenvalue weighted by atomic mass is 10.1. The third-order valence-electron chi connectivity index (χ3n) is 8.80. The van der Waals surface area contributed by atoms with Crippen LogP contribution in [0.25, 0.3) is 11.0 Å². The van der Waals surface area contributed by atoms with Gasteiger partial charge in [0, 0.05) is 43.4 Å². The minimum atomic E-state index is -0.949. The molecule has 3 aliphatic rings. The van der Waals surface area contributed by atoms with Gasteiger partial charge in [-0.05, 0) is 55.7 Å². The standard InChI is InChI=1S/C32H31FN6O4/c33-26-12-20(14-34)4-5-22(26)19-43-31-3-1-2-29(36-31)37-15-23-7-8-24(16-37)38(23)18-30-35-27-9-6-21(32(40)41)13-28(27)39(30)17-25-10-11-42-25/h1-6,9,12-13,23-25H,7-8,10-11,15-19H2,(H,40,41)/t23?,24?,25-/m0/s1. The summed E-state index contributed by atoms with van der Waals surface area (Å²) in [7, 11) is 0. The zero-order chi connectivity index (χ0) is 29.5. The number of fused-ring (bicyclic) bond motifs is 3. The van der Waals surface area contributed by atoms with Crippen LogP contribution >= 0.6 is 0 Å². The number of carboxylic acid groups (broad SMARTS) is 1. The smallest absolute Gasteiger partial charge is 0.335 e. The van der Waals surface area contributed by atoms with Crippen molar-refractivity contribution in [3.63, 3.8) is 0 Å². The summed E-state index contributed by atoms with van der Waals surface area (Å²) in [5.74, 6) is 0.754. The van der Waals surface area contributed by atoms with Crippen molar-refractivity contribution >= 4 is 22.8 Å². The molecule has 7 rings (SSSR count). The number of aromatic carboxylic acids is 1. The number of hydrogen-bond donors (Lipinski definition) is 1. The Kier molecular flexibility index (Phi) is 7.16. The molecular formula is C32H31FN6O4. The van der Waals surface area contributed by atoms with Gasteiger partial charge < -0.3 is 24.0 Å². The van der Waals surface area contributed by atoms with Crippen LogP contribution in [0.1, 0.15) is 46.6 Å². The topological polar surface area (TPSA) is 117 Å². The molecule has 0 radical (unpaired) electrons. The summed E-state index contributed by atoms with van der Waals surface area (Å²) in [5.41, 5.74) is 2.52. The predicted octanol–water partition coefficient (Wildman–Crippen LogP) is 4.36. The number of ether oxygens (including phenoxy) is 2. The molecule has 3 saturated heterocycles.